The van der Waals surface area contributed by atoms with Gasteiger partial charge in [-0.2, -0.15) is 0 Å². The van der Waals surface area contributed by atoms with Crippen molar-refractivity contribution in [1.29, 1.82) is 0 Å². The number of rotatable bonds is 6. The van der Waals surface area contributed by atoms with Crippen molar-refractivity contribution in [3.8, 4) is 0 Å². The highest BCUT2D eigenvalue weighted by Gasteiger charge is 2.19. The van der Waals surface area contributed by atoms with Gasteiger partial charge in [0.1, 0.15) is 10.7 Å². The number of pyridine rings is 1. The lowest BCUT2D eigenvalue weighted by molar-refractivity contribution is 0.285. The summed E-state index contributed by atoms with van der Waals surface area (Å²) in [5.41, 5.74) is 1.25. The highest BCUT2D eigenvalue weighted by atomic mass is 35.5. The summed E-state index contributed by atoms with van der Waals surface area (Å²) in [5.74, 6) is 0.817. The van der Waals surface area contributed by atoms with Crippen molar-refractivity contribution in [2.75, 3.05) is 31.1 Å². The van der Waals surface area contributed by atoms with Crippen molar-refractivity contribution >= 4 is 27.4 Å². The second-order valence-corrected chi connectivity index (χ2v) is 9.52. The fraction of sp³-hybridized carbons (Fsp3) is 0.450. The maximum absolute atomic E-state index is 12.2. The molecule has 1 saturated heterocycles. The average Bonchev–Trinajstić information content (AvgIpc) is 2.88. The molecule has 1 aliphatic rings. The zero-order valence-electron chi connectivity index (χ0n) is 16.3. The largest absolute Gasteiger partial charge is 0.355 e. The first-order valence-corrected chi connectivity index (χ1v) is 11.4. The Bertz CT molecular complexity index is 870. The molecule has 3 rings (SSSR count). The molecule has 6 nitrogen and oxygen atoms in total. The first-order valence-electron chi connectivity index (χ1n) is 9.53. The zero-order valence-corrected chi connectivity index (χ0v) is 17.9. The molecule has 0 bridgehead atoms. The number of benzene rings is 1. The van der Waals surface area contributed by atoms with Crippen LogP contribution in [-0.2, 0) is 16.6 Å². The van der Waals surface area contributed by atoms with Gasteiger partial charge < -0.3 is 4.90 Å². The van der Waals surface area contributed by atoms with E-state index < -0.39 is 10.0 Å². The van der Waals surface area contributed by atoms with Crippen LogP contribution < -0.4 is 9.62 Å². The van der Waals surface area contributed by atoms with Gasteiger partial charge in [0, 0.05) is 50.0 Å². The second kappa shape index (κ2) is 9.22. The van der Waals surface area contributed by atoms with Crippen molar-refractivity contribution < 1.29 is 8.42 Å². The molecule has 0 saturated carbocycles. The number of hydrogen-bond donors (Lipinski definition) is 1. The minimum atomic E-state index is -3.51. The van der Waals surface area contributed by atoms with Gasteiger partial charge in [0.25, 0.3) is 0 Å². The summed E-state index contributed by atoms with van der Waals surface area (Å²) >= 11 is 5.96. The van der Waals surface area contributed by atoms with Crippen LogP contribution in [0.2, 0.25) is 5.02 Å². The van der Waals surface area contributed by atoms with Crippen LogP contribution >= 0.6 is 11.6 Å². The van der Waals surface area contributed by atoms with E-state index in [1.165, 1.54) is 11.8 Å². The molecule has 1 aromatic carbocycles. The van der Waals surface area contributed by atoms with Gasteiger partial charge in [-0.15, -0.1) is 0 Å². The van der Waals surface area contributed by atoms with Crippen LogP contribution in [0.3, 0.4) is 0 Å². The predicted molar refractivity (Wildman–Crippen MR) is 113 cm³/mol. The molecule has 28 heavy (non-hydrogen) atoms. The summed E-state index contributed by atoms with van der Waals surface area (Å²) in [7, 11) is -3.51. The van der Waals surface area contributed by atoms with E-state index in [0.717, 1.165) is 50.0 Å². The molecule has 1 aliphatic heterocycles. The van der Waals surface area contributed by atoms with E-state index in [9.17, 15) is 8.42 Å². The van der Waals surface area contributed by atoms with Crippen LogP contribution in [0.25, 0.3) is 0 Å². The molecular weight excluding hydrogens is 396 g/mol. The summed E-state index contributed by atoms with van der Waals surface area (Å²) in [6.07, 6.45) is 2.47. The fourth-order valence-electron chi connectivity index (χ4n) is 3.30. The van der Waals surface area contributed by atoms with Crippen molar-refractivity contribution in [3.05, 3.63) is 53.2 Å². The van der Waals surface area contributed by atoms with E-state index in [1.54, 1.807) is 26.0 Å². The number of aromatic nitrogens is 1. The Morgan fingerprint density at radius 3 is 2.46 bits per heavy atom. The third-order valence-electron chi connectivity index (χ3n) is 4.65. The molecule has 0 unspecified atom stereocenters. The van der Waals surface area contributed by atoms with Gasteiger partial charge in [0.2, 0.25) is 10.0 Å². The SMILES string of the molecule is CC(C)NS(=O)(=O)c1ccc(N2CCCN(Cc3ccc(Cl)cc3)CC2)nc1. The van der Waals surface area contributed by atoms with Crippen molar-refractivity contribution in [2.24, 2.45) is 0 Å². The summed E-state index contributed by atoms with van der Waals surface area (Å²) in [6, 6.07) is 11.3. The van der Waals surface area contributed by atoms with Crippen LogP contribution in [-0.4, -0.2) is 50.5 Å². The van der Waals surface area contributed by atoms with Gasteiger partial charge in [0.05, 0.1) is 0 Å². The summed E-state index contributed by atoms with van der Waals surface area (Å²) in [5, 5.41) is 0.755. The predicted octanol–water partition coefficient (Wildman–Crippen LogP) is 3.13. The number of halogens is 1. The Hall–Kier alpha value is -1.67. The summed E-state index contributed by atoms with van der Waals surface area (Å²) < 4.78 is 27.1. The topological polar surface area (TPSA) is 65.5 Å². The van der Waals surface area contributed by atoms with Gasteiger partial charge >= 0.3 is 0 Å². The smallest absolute Gasteiger partial charge is 0.242 e. The minimum Gasteiger partial charge on any atom is -0.355 e. The first kappa shape index (κ1) is 21.0. The third kappa shape index (κ3) is 5.67. The molecule has 0 atom stereocenters. The fourth-order valence-corrected chi connectivity index (χ4v) is 4.62. The Balaban J connectivity index is 1.61. The van der Waals surface area contributed by atoms with Crippen LogP contribution in [0, 0.1) is 0 Å². The molecule has 0 radical (unpaired) electrons. The number of sulfonamides is 1. The summed E-state index contributed by atoms with van der Waals surface area (Å²) in [6.45, 7) is 8.20. The molecule has 0 amide bonds. The monoisotopic (exact) mass is 422 g/mol. The van der Waals surface area contributed by atoms with Crippen molar-refractivity contribution in [3.63, 3.8) is 0 Å². The number of hydrogen-bond acceptors (Lipinski definition) is 5. The minimum absolute atomic E-state index is 0.151. The standard InChI is InChI=1S/C20H27ClN4O2S/c1-16(2)23-28(26,27)19-8-9-20(22-14-19)25-11-3-10-24(12-13-25)15-17-4-6-18(21)7-5-17/h4-9,14,16,23H,3,10-13,15H2,1-2H3. The van der Waals surface area contributed by atoms with E-state index in [-0.39, 0.29) is 10.9 Å². The molecule has 152 valence electrons. The van der Waals surface area contributed by atoms with Crippen LogP contribution in [0.5, 0.6) is 0 Å². The van der Waals surface area contributed by atoms with Gasteiger partial charge in [-0.05, 0) is 50.1 Å². The lowest BCUT2D eigenvalue weighted by Gasteiger charge is -2.23. The van der Waals surface area contributed by atoms with Crippen molar-refractivity contribution in [1.82, 2.24) is 14.6 Å². The van der Waals surface area contributed by atoms with E-state index in [0.29, 0.717) is 0 Å². The maximum Gasteiger partial charge on any atom is 0.242 e. The van der Waals surface area contributed by atoms with Crippen LogP contribution in [0.4, 0.5) is 5.82 Å². The lowest BCUT2D eigenvalue weighted by Crippen LogP contribution is -2.31. The first-order chi connectivity index (χ1) is 13.3. The van der Waals surface area contributed by atoms with E-state index in [4.69, 9.17) is 11.6 Å². The molecule has 1 N–H and O–H groups in total. The highest BCUT2D eigenvalue weighted by Crippen LogP contribution is 2.18. The molecule has 2 heterocycles. The van der Waals surface area contributed by atoms with Gasteiger partial charge in [0.15, 0.2) is 0 Å². The number of anilines is 1. The second-order valence-electron chi connectivity index (χ2n) is 7.37. The lowest BCUT2D eigenvalue weighted by atomic mass is 10.2. The van der Waals surface area contributed by atoms with E-state index >= 15 is 0 Å². The average molecular weight is 423 g/mol. The molecule has 0 aliphatic carbocycles. The van der Waals surface area contributed by atoms with Gasteiger partial charge in [-0.3, -0.25) is 4.90 Å². The van der Waals surface area contributed by atoms with Crippen LogP contribution in [0.15, 0.2) is 47.5 Å². The van der Waals surface area contributed by atoms with Gasteiger partial charge in [-0.1, -0.05) is 23.7 Å². The Morgan fingerprint density at radius 2 is 1.82 bits per heavy atom. The van der Waals surface area contributed by atoms with E-state index in [1.807, 2.05) is 12.1 Å². The molecule has 2 aromatic rings. The highest BCUT2D eigenvalue weighted by molar-refractivity contribution is 7.89. The molecular formula is C20H27ClN4O2S. The Labute approximate surface area is 172 Å². The third-order valence-corrected chi connectivity index (χ3v) is 6.55. The number of nitrogens with zero attached hydrogens (tertiary/aromatic N) is 3. The summed E-state index contributed by atoms with van der Waals surface area (Å²) in [4.78, 5) is 9.25. The quantitative estimate of drug-likeness (QED) is 0.774. The van der Waals surface area contributed by atoms with Crippen molar-refractivity contribution in [2.45, 2.75) is 37.8 Å². The van der Waals surface area contributed by atoms with E-state index in [2.05, 4.69) is 31.6 Å². The molecule has 0 spiro atoms. The maximum atomic E-state index is 12.2. The normalized spacial score (nSPS) is 16.4. The number of nitrogens with one attached hydrogen (secondary N) is 1. The van der Waals surface area contributed by atoms with Crippen LogP contribution in [0.1, 0.15) is 25.8 Å². The molecule has 1 fully saturated rings. The zero-order chi connectivity index (χ0) is 20.1. The molecule has 1 aromatic heterocycles. The Morgan fingerprint density at radius 1 is 1.07 bits per heavy atom. The Kier molecular flexibility index (Phi) is 6.93. The molecule has 8 heteroatoms. The van der Waals surface area contributed by atoms with Gasteiger partial charge in [-0.25, -0.2) is 18.1 Å².